The number of rotatable bonds is 3. The summed E-state index contributed by atoms with van der Waals surface area (Å²) in [5.41, 5.74) is 0.743. The Bertz CT molecular complexity index is 717. The molecule has 0 radical (unpaired) electrons. The van der Waals surface area contributed by atoms with Gasteiger partial charge in [-0.15, -0.1) is 0 Å². The number of sulfone groups is 1. The van der Waals surface area contributed by atoms with Gasteiger partial charge in [-0.1, -0.05) is 6.07 Å². The summed E-state index contributed by atoms with van der Waals surface area (Å²) < 4.78 is 36.8. The summed E-state index contributed by atoms with van der Waals surface area (Å²) in [5.74, 6) is -0.216. The van der Waals surface area contributed by atoms with E-state index in [0.717, 1.165) is 25.2 Å². The minimum absolute atomic E-state index is 0.0641. The van der Waals surface area contributed by atoms with Gasteiger partial charge in [0.2, 0.25) is 0 Å². The minimum atomic E-state index is -3.45. The summed E-state index contributed by atoms with van der Waals surface area (Å²) in [5, 5.41) is 8.86. The van der Waals surface area contributed by atoms with E-state index in [-0.39, 0.29) is 10.3 Å². The molecule has 0 aromatic heterocycles. The molecule has 2 aliphatic rings. The largest absolute Gasteiger partial charge is 0.465 e. The van der Waals surface area contributed by atoms with E-state index in [1.165, 1.54) is 11.0 Å². The van der Waals surface area contributed by atoms with Gasteiger partial charge in [0.05, 0.1) is 4.90 Å². The SMILES string of the molecule is CS(=O)(=O)c1cc(F)ccc1CC1CC2(C1)CN(C(=O)O)C2. The van der Waals surface area contributed by atoms with E-state index in [1.54, 1.807) is 6.07 Å². The van der Waals surface area contributed by atoms with Crippen molar-refractivity contribution in [2.75, 3.05) is 19.3 Å². The van der Waals surface area contributed by atoms with E-state index in [0.29, 0.717) is 31.0 Å². The highest BCUT2D eigenvalue weighted by atomic mass is 32.2. The Labute approximate surface area is 128 Å². The molecule has 0 unspecified atom stereocenters. The van der Waals surface area contributed by atoms with Gasteiger partial charge in [-0.3, -0.25) is 0 Å². The molecule has 120 valence electrons. The van der Waals surface area contributed by atoms with Crippen LogP contribution in [0.1, 0.15) is 18.4 Å². The van der Waals surface area contributed by atoms with E-state index < -0.39 is 21.7 Å². The number of amides is 1. The lowest BCUT2D eigenvalue weighted by Crippen LogP contribution is -2.63. The Morgan fingerprint density at radius 3 is 2.59 bits per heavy atom. The van der Waals surface area contributed by atoms with Gasteiger partial charge in [0.1, 0.15) is 5.82 Å². The van der Waals surface area contributed by atoms with E-state index in [1.807, 2.05) is 0 Å². The summed E-state index contributed by atoms with van der Waals surface area (Å²) in [6.07, 6.45) is 2.60. The molecule has 1 aromatic rings. The van der Waals surface area contributed by atoms with Crippen LogP contribution in [0.5, 0.6) is 0 Å². The highest BCUT2D eigenvalue weighted by molar-refractivity contribution is 7.90. The van der Waals surface area contributed by atoms with E-state index >= 15 is 0 Å². The Kier molecular flexibility index (Phi) is 3.43. The summed E-state index contributed by atoms with van der Waals surface area (Å²) in [4.78, 5) is 12.3. The first-order valence-corrected chi connectivity index (χ1v) is 9.04. The maximum atomic E-state index is 13.3. The van der Waals surface area contributed by atoms with Crippen LogP contribution in [-0.4, -0.2) is 43.9 Å². The van der Waals surface area contributed by atoms with Gasteiger partial charge in [0, 0.05) is 24.8 Å². The van der Waals surface area contributed by atoms with Crippen LogP contribution in [0.3, 0.4) is 0 Å². The molecule has 1 amide bonds. The Hall–Kier alpha value is -1.63. The third kappa shape index (κ3) is 2.69. The second-order valence-corrected chi connectivity index (χ2v) is 8.63. The predicted molar refractivity (Wildman–Crippen MR) is 78.0 cm³/mol. The molecular weight excluding hydrogens is 309 g/mol. The molecule has 7 heteroatoms. The van der Waals surface area contributed by atoms with E-state index in [4.69, 9.17) is 5.11 Å². The van der Waals surface area contributed by atoms with Crippen molar-refractivity contribution < 1.29 is 22.7 Å². The minimum Gasteiger partial charge on any atom is -0.465 e. The molecule has 1 spiro atoms. The average Bonchev–Trinajstić information content (AvgIpc) is 2.30. The van der Waals surface area contributed by atoms with Crippen molar-refractivity contribution in [3.05, 3.63) is 29.6 Å². The summed E-state index contributed by atoms with van der Waals surface area (Å²) in [6.45, 7) is 1.14. The van der Waals surface area contributed by atoms with Gasteiger partial charge in [-0.2, -0.15) is 0 Å². The van der Waals surface area contributed by atoms with Crippen molar-refractivity contribution in [3.8, 4) is 0 Å². The van der Waals surface area contributed by atoms with Crippen molar-refractivity contribution >= 4 is 15.9 Å². The summed E-state index contributed by atoms with van der Waals surface area (Å²) >= 11 is 0. The van der Waals surface area contributed by atoms with Crippen molar-refractivity contribution in [2.24, 2.45) is 11.3 Å². The Morgan fingerprint density at radius 1 is 1.41 bits per heavy atom. The van der Waals surface area contributed by atoms with Crippen LogP contribution in [0, 0.1) is 17.2 Å². The third-order valence-electron chi connectivity index (χ3n) is 4.70. The first kappa shape index (κ1) is 15.3. The molecule has 2 fully saturated rings. The highest BCUT2D eigenvalue weighted by Crippen LogP contribution is 2.53. The number of likely N-dealkylation sites (tertiary alicyclic amines) is 1. The van der Waals surface area contributed by atoms with Crippen molar-refractivity contribution in [1.82, 2.24) is 4.90 Å². The van der Waals surface area contributed by atoms with E-state index in [9.17, 15) is 17.6 Å². The monoisotopic (exact) mass is 327 g/mol. The maximum Gasteiger partial charge on any atom is 0.407 e. The maximum absolute atomic E-state index is 13.3. The number of hydrogen-bond donors (Lipinski definition) is 1. The molecule has 1 aromatic carbocycles. The lowest BCUT2D eigenvalue weighted by atomic mass is 9.56. The van der Waals surface area contributed by atoms with Crippen LogP contribution < -0.4 is 0 Å². The fourth-order valence-electron chi connectivity index (χ4n) is 3.82. The smallest absolute Gasteiger partial charge is 0.407 e. The molecule has 0 bridgehead atoms. The quantitative estimate of drug-likeness (QED) is 0.923. The van der Waals surface area contributed by atoms with Crippen LogP contribution in [0.4, 0.5) is 9.18 Å². The lowest BCUT2D eigenvalue weighted by molar-refractivity contribution is -0.0795. The van der Waals surface area contributed by atoms with Crippen LogP contribution >= 0.6 is 0 Å². The van der Waals surface area contributed by atoms with Gasteiger partial charge in [-0.25, -0.2) is 17.6 Å². The van der Waals surface area contributed by atoms with Crippen LogP contribution in [0.2, 0.25) is 0 Å². The van der Waals surface area contributed by atoms with Crippen LogP contribution in [-0.2, 0) is 16.3 Å². The molecule has 0 atom stereocenters. The predicted octanol–water partition coefficient (Wildman–Crippen LogP) is 2.16. The Morgan fingerprint density at radius 2 is 2.05 bits per heavy atom. The van der Waals surface area contributed by atoms with E-state index in [2.05, 4.69) is 0 Å². The second-order valence-electron chi connectivity index (χ2n) is 6.64. The number of benzene rings is 1. The molecular formula is C15H18FNO4S. The van der Waals surface area contributed by atoms with Crippen molar-refractivity contribution in [1.29, 1.82) is 0 Å². The fourth-order valence-corrected chi connectivity index (χ4v) is 4.77. The zero-order valence-corrected chi connectivity index (χ0v) is 13.1. The molecule has 1 saturated carbocycles. The third-order valence-corrected chi connectivity index (χ3v) is 5.88. The molecule has 1 aliphatic carbocycles. The fraction of sp³-hybridized carbons (Fsp3) is 0.533. The molecule has 3 rings (SSSR count). The molecule has 5 nitrogen and oxygen atoms in total. The second kappa shape index (κ2) is 4.94. The normalized spacial score (nSPS) is 20.5. The number of carboxylic acid groups (broad SMARTS) is 1. The van der Waals surface area contributed by atoms with Crippen LogP contribution in [0.15, 0.2) is 23.1 Å². The average molecular weight is 327 g/mol. The van der Waals surface area contributed by atoms with Crippen molar-refractivity contribution in [2.45, 2.75) is 24.2 Å². The van der Waals surface area contributed by atoms with Gasteiger partial charge in [0.25, 0.3) is 0 Å². The molecule has 1 heterocycles. The Balaban J connectivity index is 1.66. The molecule has 1 N–H and O–H groups in total. The standard InChI is InChI=1S/C15H18FNO4S/c1-22(20,21)13-5-12(16)3-2-11(13)4-10-6-15(7-10)8-17(9-15)14(18)19/h2-3,5,10H,4,6-9H2,1H3,(H,18,19). The summed E-state index contributed by atoms with van der Waals surface area (Å²) in [6, 6.07) is 3.91. The molecule has 1 saturated heterocycles. The molecule has 22 heavy (non-hydrogen) atoms. The number of hydrogen-bond acceptors (Lipinski definition) is 3. The van der Waals surface area contributed by atoms with Gasteiger partial charge < -0.3 is 10.0 Å². The topological polar surface area (TPSA) is 74.7 Å². The number of carbonyl (C=O) groups is 1. The van der Waals surface area contributed by atoms with Crippen LogP contribution in [0.25, 0.3) is 0 Å². The zero-order chi connectivity index (χ0) is 16.1. The van der Waals surface area contributed by atoms with Gasteiger partial charge in [0.15, 0.2) is 9.84 Å². The van der Waals surface area contributed by atoms with Gasteiger partial charge >= 0.3 is 6.09 Å². The van der Waals surface area contributed by atoms with Crippen molar-refractivity contribution in [3.63, 3.8) is 0 Å². The first-order valence-electron chi connectivity index (χ1n) is 7.15. The first-order chi connectivity index (χ1) is 10.2. The van der Waals surface area contributed by atoms with Gasteiger partial charge in [-0.05, 0) is 42.9 Å². The number of halogens is 1. The molecule has 1 aliphatic heterocycles. The zero-order valence-electron chi connectivity index (χ0n) is 12.3. The summed E-state index contributed by atoms with van der Waals surface area (Å²) in [7, 11) is -3.45. The number of nitrogens with zero attached hydrogens (tertiary/aromatic N) is 1. The lowest BCUT2D eigenvalue weighted by Gasteiger charge is -2.58. The highest BCUT2D eigenvalue weighted by Gasteiger charge is 2.53.